The number of nitrogens with zero attached hydrogens (tertiary/aromatic N) is 7. The van der Waals surface area contributed by atoms with E-state index < -0.39 is 0 Å². The minimum absolute atomic E-state index is 0.0446. The lowest BCUT2D eigenvalue weighted by Gasteiger charge is -2.40. The van der Waals surface area contributed by atoms with Gasteiger partial charge in [-0.2, -0.15) is 0 Å². The van der Waals surface area contributed by atoms with Gasteiger partial charge >= 0.3 is 0 Å². The number of aromatic nitrogens is 5. The molecule has 4 aromatic rings. The molecule has 1 saturated heterocycles. The summed E-state index contributed by atoms with van der Waals surface area (Å²) >= 11 is 0. The summed E-state index contributed by atoms with van der Waals surface area (Å²) in [5, 5.41) is 14.1. The van der Waals surface area contributed by atoms with E-state index in [1.807, 2.05) is 29.1 Å². The Labute approximate surface area is 200 Å². The van der Waals surface area contributed by atoms with Crippen molar-refractivity contribution in [2.75, 3.05) is 38.2 Å². The molecule has 0 N–H and O–H groups in total. The standard InChI is InChI=1S/C26H31N7O/c1-26(2,3)33-25(28-29-30-33)24(20-7-12-23-19(18-20)6-5-13-27-23)32-16-14-31(15-17-32)21-8-10-22(34-4)11-9-21/h5-13,18,24H,14-17H2,1-4H3. The highest BCUT2D eigenvalue weighted by molar-refractivity contribution is 5.79. The summed E-state index contributed by atoms with van der Waals surface area (Å²) in [6.45, 7) is 10.1. The number of methoxy groups -OCH3 is 1. The fourth-order valence-corrected chi connectivity index (χ4v) is 4.66. The molecule has 176 valence electrons. The summed E-state index contributed by atoms with van der Waals surface area (Å²) in [4.78, 5) is 9.41. The molecule has 8 heteroatoms. The minimum Gasteiger partial charge on any atom is -0.497 e. The van der Waals surface area contributed by atoms with Crippen molar-refractivity contribution in [1.29, 1.82) is 0 Å². The first-order valence-electron chi connectivity index (χ1n) is 11.7. The maximum Gasteiger partial charge on any atom is 0.173 e. The summed E-state index contributed by atoms with van der Waals surface area (Å²) in [7, 11) is 1.70. The van der Waals surface area contributed by atoms with E-state index in [0.29, 0.717) is 0 Å². The second-order valence-corrected chi connectivity index (χ2v) is 9.70. The third kappa shape index (κ3) is 4.33. The van der Waals surface area contributed by atoms with Gasteiger partial charge < -0.3 is 9.64 Å². The van der Waals surface area contributed by atoms with E-state index in [9.17, 15) is 0 Å². The third-order valence-electron chi connectivity index (χ3n) is 6.43. The first kappa shape index (κ1) is 22.3. The van der Waals surface area contributed by atoms with Crippen molar-refractivity contribution in [3.05, 3.63) is 72.2 Å². The van der Waals surface area contributed by atoms with Crippen LogP contribution in [0.2, 0.25) is 0 Å². The Balaban J connectivity index is 1.47. The lowest BCUT2D eigenvalue weighted by molar-refractivity contribution is 0.191. The SMILES string of the molecule is COc1ccc(N2CCN(C(c3ccc4ncccc4c3)c3nnnn3C(C)(C)C)CC2)cc1. The fraction of sp³-hybridized carbons (Fsp3) is 0.385. The fourth-order valence-electron chi connectivity index (χ4n) is 4.66. The highest BCUT2D eigenvalue weighted by Crippen LogP contribution is 2.32. The van der Waals surface area contributed by atoms with Gasteiger partial charge in [0.15, 0.2) is 5.82 Å². The Morgan fingerprint density at radius 3 is 2.41 bits per heavy atom. The molecule has 1 unspecified atom stereocenters. The second-order valence-electron chi connectivity index (χ2n) is 9.70. The number of anilines is 1. The Bertz CT molecular complexity index is 1250. The maximum absolute atomic E-state index is 5.31. The summed E-state index contributed by atoms with van der Waals surface area (Å²) in [5.74, 6) is 1.75. The van der Waals surface area contributed by atoms with Crippen molar-refractivity contribution in [1.82, 2.24) is 30.1 Å². The highest BCUT2D eigenvalue weighted by atomic mass is 16.5. The summed E-state index contributed by atoms with van der Waals surface area (Å²) < 4.78 is 7.27. The highest BCUT2D eigenvalue weighted by Gasteiger charge is 2.33. The van der Waals surface area contributed by atoms with Crippen molar-refractivity contribution in [2.45, 2.75) is 32.4 Å². The number of rotatable bonds is 5. The molecule has 0 spiro atoms. The zero-order chi connectivity index (χ0) is 23.7. The van der Waals surface area contributed by atoms with Gasteiger partial charge in [0.05, 0.1) is 24.2 Å². The van der Waals surface area contributed by atoms with Crippen LogP contribution in [0.5, 0.6) is 5.75 Å². The van der Waals surface area contributed by atoms with Crippen molar-refractivity contribution < 1.29 is 4.74 Å². The average molecular weight is 458 g/mol. The van der Waals surface area contributed by atoms with Crippen LogP contribution in [-0.2, 0) is 5.54 Å². The van der Waals surface area contributed by atoms with Crippen LogP contribution in [0, 0.1) is 0 Å². The second kappa shape index (κ2) is 9.02. The van der Waals surface area contributed by atoms with Crippen molar-refractivity contribution in [3.63, 3.8) is 0 Å². The first-order chi connectivity index (χ1) is 16.4. The average Bonchev–Trinajstić information content (AvgIpc) is 3.35. The topological polar surface area (TPSA) is 72.2 Å². The van der Waals surface area contributed by atoms with Crippen LogP contribution in [0.3, 0.4) is 0 Å². The predicted octanol–water partition coefficient (Wildman–Crippen LogP) is 3.90. The normalized spacial score (nSPS) is 16.1. The van der Waals surface area contributed by atoms with Gasteiger partial charge in [0.25, 0.3) is 0 Å². The minimum atomic E-state index is -0.222. The smallest absolute Gasteiger partial charge is 0.173 e. The molecule has 34 heavy (non-hydrogen) atoms. The molecule has 1 fully saturated rings. The number of fused-ring (bicyclic) bond motifs is 1. The van der Waals surface area contributed by atoms with Crippen LogP contribution < -0.4 is 9.64 Å². The number of tetrazole rings is 1. The maximum atomic E-state index is 5.31. The molecule has 1 atom stereocenters. The largest absolute Gasteiger partial charge is 0.497 e. The van der Waals surface area contributed by atoms with Gasteiger partial charge in [-0.3, -0.25) is 9.88 Å². The van der Waals surface area contributed by atoms with Crippen LogP contribution in [0.15, 0.2) is 60.8 Å². The molecule has 8 nitrogen and oxygen atoms in total. The van der Waals surface area contributed by atoms with Crippen molar-refractivity contribution in [2.24, 2.45) is 0 Å². The Kier molecular flexibility index (Phi) is 5.91. The number of pyridine rings is 1. The third-order valence-corrected chi connectivity index (χ3v) is 6.43. The lowest BCUT2D eigenvalue weighted by Crippen LogP contribution is -2.48. The van der Waals surface area contributed by atoms with Crippen LogP contribution in [0.1, 0.15) is 38.2 Å². The Morgan fingerprint density at radius 1 is 0.941 bits per heavy atom. The van der Waals surface area contributed by atoms with E-state index in [0.717, 1.165) is 48.7 Å². The Morgan fingerprint density at radius 2 is 1.71 bits per heavy atom. The van der Waals surface area contributed by atoms with Gasteiger partial charge in [-0.25, -0.2) is 4.68 Å². The van der Waals surface area contributed by atoms with Crippen molar-refractivity contribution in [3.8, 4) is 5.75 Å². The molecule has 2 aromatic carbocycles. The van der Waals surface area contributed by atoms with Gasteiger partial charge in [-0.15, -0.1) is 5.10 Å². The van der Waals surface area contributed by atoms with Crippen LogP contribution >= 0.6 is 0 Å². The van der Waals surface area contributed by atoms with Crippen LogP contribution in [0.25, 0.3) is 10.9 Å². The van der Waals surface area contributed by atoms with E-state index in [1.54, 1.807) is 7.11 Å². The summed E-state index contributed by atoms with van der Waals surface area (Å²) in [6.07, 6.45) is 1.83. The molecule has 0 aliphatic carbocycles. The molecular weight excluding hydrogens is 426 g/mol. The van der Waals surface area contributed by atoms with E-state index in [1.165, 1.54) is 11.3 Å². The van der Waals surface area contributed by atoms with Crippen LogP contribution in [-0.4, -0.2) is 63.4 Å². The number of hydrogen-bond acceptors (Lipinski definition) is 7. The molecule has 1 aliphatic rings. The monoisotopic (exact) mass is 457 g/mol. The zero-order valence-electron chi connectivity index (χ0n) is 20.2. The zero-order valence-corrected chi connectivity index (χ0v) is 20.2. The number of hydrogen-bond donors (Lipinski definition) is 0. The molecule has 0 amide bonds. The van der Waals surface area contributed by atoms with E-state index >= 15 is 0 Å². The van der Waals surface area contributed by atoms with Gasteiger partial charge in [0.2, 0.25) is 0 Å². The number of piperazine rings is 1. The molecule has 1 aliphatic heterocycles. The van der Waals surface area contributed by atoms with E-state index in [2.05, 4.69) is 87.5 Å². The van der Waals surface area contributed by atoms with Crippen LogP contribution in [0.4, 0.5) is 5.69 Å². The lowest BCUT2D eigenvalue weighted by atomic mass is 9.99. The molecule has 2 aromatic heterocycles. The van der Waals surface area contributed by atoms with Gasteiger partial charge in [-0.05, 0) is 79.2 Å². The molecule has 0 radical (unpaired) electrons. The molecule has 0 bridgehead atoms. The quantitative estimate of drug-likeness (QED) is 0.450. The number of benzene rings is 2. The number of ether oxygens (including phenoxy) is 1. The van der Waals surface area contributed by atoms with Gasteiger partial charge in [0, 0.05) is 43.4 Å². The predicted molar refractivity (Wildman–Crippen MR) is 133 cm³/mol. The summed E-state index contributed by atoms with van der Waals surface area (Å²) in [5.41, 5.74) is 3.16. The van der Waals surface area contributed by atoms with Gasteiger partial charge in [0.1, 0.15) is 5.75 Å². The molecule has 0 saturated carbocycles. The molecule has 5 rings (SSSR count). The van der Waals surface area contributed by atoms with E-state index in [-0.39, 0.29) is 11.6 Å². The first-order valence-corrected chi connectivity index (χ1v) is 11.7. The van der Waals surface area contributed by atoms with E-state index in [4.69, 9.17) is 4.74 Å². The molecular formula is C26H31N7O. The Hall–Kier alpha value is -3.52. The molecule has 3 heterocycles. The van der Waals surface area contributed by atoms with Gasteiger partial charge in [-0.1, -0.05) is 12.1 Å². The summed E-state index contributed by atoms with van der Waals surface area (Å²) in [6, 6.07) is 18.8. The van der Waals surface area contributed by atoms with Crippen molar-refractivity contribution >= 4 is 16.6 Å².